The number of rotatable bonds is 3. The molecule has 0 spiro atoms. The molecule has 7 heteroatoms. The zero-order valence-electron chi connectivity index (χ0n) is 15.3. The van der Waals surface area contributed by atoms with Crippen LogP contribution in [0.4, 0.5) is 4.79 Å². The van der Waals surface area contributed by atoms with Crippen LogP contribution in [0.1, 0.15) is 17.5 Å². The lowest BCUT2D eigenvalue weighted by atomic mass is 9.91. The standard InChI is InChI=1S/C21H20N4O3/c26-21(28-12-15-4-2-1-3-5-15)25-18-8-16(9-19(25)14-27-13-18)17-10-22-20-6-7-23-24(20)11-17/h1-8,10-11,18-19H,9,12-14H2. The normalized spacial score (nSPS) is 21.4. The number of morpholine rings is 1. The van der Waals surface area contributed by atoms with E-state index >= 15 is 0 Å². The molecule has 1 saturated heterocycles. The molecule has 3 aromatic rings. The Bertz CT molecular complexity index is 1030. The van der Waals surface area contributed by atoms with Gasteiger partial charge in [0.05, 0.1) is 31.5 Å². The summed E-state index contributed by atoms with van der Waals surface area (Å²) in [5.41, 5.74) is 3.97. The first-order valence-electron chi connectivity index (χ1n) is 9.35. The maximum Gasteiger partial charge on any atom is 0.411 e. The summed E-state index contributed by atoms with van der Waals surface area (Å²) in [5, 5.41) is 4.26. The van der Waals surface area contributed by atoms with Gasteiger partial charge in [-0.1, -0.05) is 36.4 Å². The van der Waals surface area contributed by atoms with Crippen molar-refractivity contribution in [3.8, 4) is 0 Å². The van der Waals surface area contributed by atoms with Gasteiger partial charge in [-0.05, 0) is 17.6 Å². The van der Waals surface area contributed by atoms with E-state index in [2.05, 4.69) is 16.2 Å². The third-order valence-electron chi connectivity index (χ3n) is 5.23. The van der Waals surface area contributed by atoms with E-state index in [1.54, 1.807) is 10.7 Å². The first-order chi connectivity index (χ1) is 13.8. The van der Waals surface area contributed by atoms with E-state index < -0.39 is 0 Å². The lowest BCUT2D eigenvalue weighted by Crippen LogP contribution is -2.56. The minimum Gasteiger partial charge on any atom is -0.445 e. The summed E-state index contributed by atoms with van der Waals surface area (Å²) < 4.78 is 13.0. The van der Waals surface area contributed by atoms with Crippen LogP contribution in [0.5, 0.6) is 0 Å². The van der Waals surface area contributed by atoms with E-state index in [-0.39, 0.29) is 24.8 Å². The molecule has 142 valence electrons. The average Bonchev–Trinajstić information content (AvgIpc) is 3.19. The molecule has 7 nitrogen and oxygen atoms in total. The van der Waals surface area contributed by atoms with Crippen LogP contribution in [-0.4, -0.2) is 50.9 Å². The Morgan fingerprint density at radius 1 is 1.21 bits per heavy atom. The SMILES string of the molecule is O=C(OCc1ccccc1)N1C2C=C(c3cnc4ccnn4c3)CC1COC2. The summed E-state index contributed by atoms with van der Waals surface area (Å²) in [6.45, 7) is 1.25. The Morgan fingerprint density at radius 3 is 2.96 bits per heavy atom. The predicted octanol–water partition coefficient (Wildman–Crippen LogP) is 2.92. The van der Waals surface area contributed by atoms with Crippen molar-refractivity contribution in [3.63, 3.8) is 0 Å². The number of aromatic nitrogens is 3. The van der Waals surface area contributed by atoms with Gasteiger partial charge in [0.15, 0.2) is 5.65 Å². The molecule has 0 radical (unpaired) electrons. The molecule has 0 aliphatic carbocycles. The van der Waals surface area contributed by atoms with Gasteiger partial charge in [0.25, 0.3) is 0 Å². The molecule has 2 atom stereocenters. The second-order valence-electron chi connectivity index (χ2n) is 7.08. The zero-order chi connectivity index (χ0) is 18.9. The molecule has 2 unspecified atom stereocenters. The van der Waals surface area contributed by atoms with Crippen molar-refractivity contribution in [2.24, 2.45) is 0 Å². The number of fused-ring (bicyclic) bond motifs is 3. The van der Waals surface area contributed by atoms with Crippen LogP contribution in [0.2, 0.25) is 0 Å². The monoisotopic (exact) mass is 376 g/mol. The summed E-state index contributed by atoms with van der Waals surface area (Å²) in [7, 11) is 0. The molecule has 1 amide bonds. The van der Waals surface area contributed by atoms with Crippen LogP contribution in [0, 0.1) is 0 Å². The van der Waals surface area contributed by atoms with E-state index in [0.717, 1.165) is 22.3 Å². The van der Waals surface area contributed by atoms with Gasteiger partial charge in [0.1, 0.15) is 6.61 Å². The highest BCUT2D eigenvalue weighted by molar-refractivity contribution is 5.74. The van der Waals surface area contributed by atoms with Crippen molar-refractivity contribution in [1.82, 2.24) is 19.5 Å². The minimum absolute atomic E-state index is 0.0460. The van der Waals surface area contributed by atoms with Crippen molar-refractivity contribution >= 4 is 17.3 Å². The Morgan fingerprint density at radius 2 is 2.11 bits per heavy atom. The van der Waals surface area contributed by atoms with E-state index in [0.29, 0.717) is 19.6 Å². The van der Waals surface area contributed by atoms with Crippen molar-refractivity contribution < 1.29 is 14.3 Å². The number of carbonyl (C=O) groups is 1. The quantitative estimate of drug-likeness (QED) is 0.703. The summed E-state index contributed by atoms with van der Waals surface area (Å²) in [5.74, 6) is 0. The van der Waals surface area contributed by atoms with Gasteiger partial charge >= 0.3 is 6.09 Å². The first-order valence-corrected chi connectivity index (χ1v) is 9.35. The molecule has 2 bridgehead atoms. The lowest BCUT2D eigenvalue weighted by molar-refractivity contribution is -0.0342. The lowest BCUT2D eigenvalue weighted by Gasteiger charge is -2.43. The molecule has 28 heavy (non-hydrogen) atoms. The van der Waals surface area contributed by atoms with Gasteiger partial charge in [-0.15, -0.1) is 0 Å². The second-order valence-corrected chi connectivity index (χ2v) is 7.08. The number of carbonyl (C=O) groups excluding carboxylic acids is 1. The largest absolute Gasteiger partial charge is 0.445 e. The van der Waals surface area contributed by atoms with Crippen molar-refractivity contribution in [1.29, 1.82) is 0 Å². The second kappa shape index (κ2) is 7.09. The highest BCUT2D eigenvalue weighted by Gasteiger charge is 2.39. The molecule has 2 aromatic heterocycles. The topological polar surface area (TPSA) is 69.0 Å². The molecule has 1 aromatic carbocycles. The van der Waals surface area contributed by atoms with E-state index in [1.165, 1.54) is 0 Å². The molecule has 0 N–H and O–H groups in total. The van der Waals surface area contributed by atoms with Gasteiger partial charge in [-0.2, -0.15) is 5.10 Å². The van der Waals surface area contributed by atoms with Crippen LogP contribution in [0.25, 0.3) is 11.2 Å². The Hall–Kier alpha value is -3.19. The summed E-state index contributed by atoms with van der Waals surface area (Å²) >= 11 is 0. The van der Waals surface area contributed by atoms with Gasteiger partial charge in [0.2, 0.25) is 0 Å². The van der Waals surface area contributed by atoms with E-state index in [9.17, 15) is 4.79 Å². The fraction of sp³-hybridized carbons (Fsp3) is 0.286. The predicted molar refractivity (Wildman–Crippen MR) is 102 cm³/mol. The van der Waals surface area contributed by atoms with E-state index in [1.807, 2.05) is 53.7 Å². The highest BCUT2D eigenvalue weighted by Crippen LogP contribution is 2.32. The van der Waals surface area contributed by atoms with Crippen LogP contribution in [0.3, 0.4) is 0 Å². The minimum atomic E-state index is -0.293. The summed E-state index contributed by atoms with van der Waals surface area (Å²) in [6.07, 6.45) is 8.07. The average molecular weight is 376 g/mol. The molecule has 0 saturated carbocycles. The molecule has 2 aliphatic rings. The molecule has 1 fully saturated rings. The van der Waals surface area contributed by atoms with Gasteiger partial charge in [-0.3, -0.25) is 4.90 Å². The fourth-order valence-electron chi connectivity index (χ4n) is 3.86. The molecular formula is C21H20N4O3. The summed E-state index contributed by atoms with van der Waals surface area (Å²) in [4.78, 5) is 19.0. The Balaban J connectivity index is 1.36. The molecule has 4 heterocycles. The number of ether oxygens (including phenoxy) is 2. The maximum atomic E-state index is 12.8. The van der Waals surface area contributed by atoms with E-state index in [4.69, 9.17) is 9.47 Å². The van der Waals surface area contributed by atoms with Gasteiger partial charge in [0, 0.05) is 24.0 Å². The number of hydrogen-bond acceptors (Lipinski definition) is 5. The van der Waals surface area contributed by atoms with Gasteiger partial charge in [-0.25, -0.2) is 14.3 Å². The fourth-order valence-corrected chi connectivity index (χ4v) is 3.86. The Labute approximate surface area is 162 Å². The molecule has 5 rings (SSSR count). The van der Waals surface area contributed by atoms with Crippen LogP contribution < -0.4 is 0 Å². The van der Waals surface area contributed by atoms with Crippen molar-refractivity contribution in [2.75, 3.05) is 13.2 Å². The number of benzene rings is 1. The highest BCUT2D eigenvalue weighted by atomic mass is 16.6. The maximum absolute atomic E-state index is 12.8. The smallest absolute Gasteiger partial charge is 0.411 e. The number of nitrogens with zero attached hydrogens (tertiary/aromatic N) is 4. The molecule has 2 aliphatic heterocycles. The third kappa shape index (κ3) is 3.14. The van der Waals surface area contributed by atoms with Crippen LogP contribution in [0.15, 0.2) is 61.1 Å². The third-order valence-corrected chi connectivity index (χ3v) is 5.23. The molecular weight excluding hydrogens is 356 g/mol. The van der Waals surface area contributed by atoms with Crippen LogP contribution >= 0.6 is 0 Å². The zero-order valence-corrected chi connectivity index (χ0v) is 15.3. The van der Waals surface area contributed by atoms with Crippen molar-refractivity contribution in [2.45, 2.75) is 25.1 Å². The van der Waals surface area contributed by atoms with Crippen LogP contribution in [-0.2, 0) is 16.1 Å². The number of hydrogen-bond donors (Lipinski definition) is 0. The number of amides is 1. The van der Waals surface area contributed by atoms with Crippen molar-refractivity contribution in [3.05, 3.63) is 72.2 Å². The Kier molecular flexibility index (Phi) is 4.29. The first kappa shape index (κ1) is 16.9. The summed E-state index contributed by atoms with van der Waals surface area (Å²) in [6, 6.07) is 11.4. The van der Waals surface area contributed by atoms with Gasteiger partial charge < -0.3 is 9.47 Å².